The van der Waals surface area contributed by atoms with Gasteiger partial charge in [-0.3, -0.25) is 0 Å². The predicted octanol–water partition coefficient (Wildman–Crippen LogP) is 2.37. The third-order valence-corrected chi connectivity index (χ3v) is 3.93. The van der Waals surface area contributed by atoms with Crippen molar-refractivity contribution in [3.05, 3.63) is 17.3 Å². The molecule has 0 N–H and O–H groups in total. The van der Waals surface area contributed by atoms with Gasteiger partial charge in [-0.15, -0.1) is 0 Å². The van der Waals surface area contributed by atoms with Crippen LogP contribution in [0.15, 0.2) is 6.20 Å². The van der Waals surface area contributed by atoms with Crippen LogP contribution in [0.4, 0.5) is 14.6 Å². The van der Waals surface area contributed by atoms with Gasteiger partial charge in [-0.2, -0.15) is 4.98 Å². The summed E-state index contributed by atoms with van der Waals surface area (Å²) in [6.07, 6.45) is 3.31. The normalized spacial score (nSPS) is 25.4. The van der Waals surface area contributed by atoms with Gasteiger partial charge in [0.1, 0.15) is 12.8 Å². The Hall–Kier alpha value is -1.01. The molecule has 4 nitrogen and oxygen atoms in total. The Balaban J connectivity index is 1.88. The lowest BCUT2D eigenvalue weighted by molar-refractivity contribution is -0.152. The molecule has 3 rings (SSSR count). The van der Waals surface area contributed by atoms with Crippen LogP contribution in [0, 0.1) is 5.82 Å². The number of alkyl halides is 1. The van der Waals surface area contributed by atoms with Crippen LogP contribution < -0.4 is 4.90 Å². The van der Waals surface area contributed by atoms with Crippen molar-refractivity contribution in [3.63, 3.8) is 0 Å². The fourth-order valence-electron chi connectivity index (χ4n) is 2.73. The van der Waals surface area contributed by atoms with Gasteiger partial charge in [0.15, 0.2) is 11.6 Å². The molecule has 1 aromatic rings. The van der Waals surface area contributed by atoms with Crippen LogP contribution in [-0.2, 0) is 4.74 Å². The van der Waals surface area contributed by atoms with Crippen molar-refractivity contribution in [2.75, 3.05) is 24.7 Å². The van der Waals surface area contributed by atoms with Crippen molar-refractivity contribution in [3.8, 4) is 0 Å². The number of aromatic nitrogens is 2. The Labute approximate surface area is 114 Å². The number of hydrogen-bond donors (Lipinski definition) is 0. The van der Waals surface area contributed by atoms with Gasteiger partial charge < -0.3 is 9.64 Å². The Kier molecular flexibility index (Phi) is 3.30. The average molecular weight is 290 g/mol. The molecule has 1 unspecified atom stereocenters. The molecule has 1 saturated heterocycles. The largest absolute Gasteiger partial charge is 0.365 e. The van der Waals surface area contributed by atoms with Crippen molar-refractivity contribution in [1.29, 1.82) is 0 Å². The van der Waals surface area contributed by atoms with Crippen LogP contribution >= 0.6 is 11.6 Å². The summed E-state index contributed by atoms with van der Waals surface area (Å²) in [5.41, 5.74) is -0.348. The summed E-state index contributed by atoms with van der Waals surface area (Å²) < 4.78 is 32.5. The number of anilines is 1. The van der Waals surface area contributed by atoms with E-state index in [-0.39, 0.29) is 23.2 Å². The molecule has 0 amide bonds. The van der Waals surface area contributed by atoms with Gasteiger partial charge >= 0.3 is 0 Å². The summed E-state index contributed by atoms with van der Waals surface area (Å²) in [4.78, 5) is 9.23. The maximum atomic E-state index is 13.8. The molecule has 0 aromatic carbocycles. The Morgan fingerprint density at radius 3 is 2.95 bits per heavy atom. The van der Waals surface area contributed by atoms with Crippen molar-refractivity contribution in [1.82, 2.24) is 9.97 Å². The first-order chi connectivity index (χ1) is 9.12. The van der Waals surface area contributed by atoms with E-state index in [2.05, 4.69) is 9.97 Å². The first-order valence-electron chi connectivity index (χ1n) is 6.29. The Morgan fingerprint density at radius 2 is 2.32 bits per heavy atom. The van der Waals surface area contributed by atoms with Gasteiger partial charge in [-0.05, 0) is 30.9 Å². The molecule has 1 spiro atoms. The van der Waals surface area contributed by atoms with E-state index in [1.807, 2.05) is 0 Å². The molecule has 1 aliphatic carbocycles. The van der Waals surface area contributed by atoms with Gasteiger partial charge in [0.05, 0.1) is 11.8 Å². The molecule has 7 heteroatoms. The van der Waals surface area contributed by atoms with Crippen molar-refractivity contribution in [2.45, 2.75) is 31.0 Å². The highest BCUT2D eigenvalue weighted by Gasteiger charge is 2.46. The zero-order valence-corrected chi connectivity index (χ0v) is 11.0. The fraction of sp³-hybridized carbons (Fsp3) is 0.667. The molecular weight excluding hydrogens is 276 g/mol. The van der Waals surface area contributed by atoms with Crippen molar-refractivity contribution in [2.24, 2.45) is 0 Å². The molecular formula is C12H14ClF2N3O. The van der Waals surface area contributed by atoms with Gasteiger partial charge in [0.2, 0.25) is 5.28 Å². The summed E-state index contributed by atoms with van der Waals surface area (Å²) in [7, 11) is 0. The van der Waals surface area contributed by atoms with Gasteiger partial charge in [0, 0.05) is 13.1 Å². The maximum Gasteiger partial charge on any atom is 0.224 e. The lowest BCUT2D eigenvalue weighted by Crippen LogP contribution is -2.60. The SMILES string of the molecule is FCC1CN(c2nc(Cl)ncc2F)CC2(CCC2)O1. The number of morpholine rings is 1. The lowest BCUT2D eigenvalue weighted by Gasteiger charge is -2.51. The van der Waals surface area contributed by atoms with Gasteiger partial charge in [-0.1, -0.05) is 0 Å². The minimum absolute atomic E-state index is 0.0117. The highest BCUT2D eigenvalue weighted by Crippen LogP contribution is 2.41. The van der Waals surface area contributed by atoms with Crippen molar-refractivity contribution < 1.29 is 13.5 Å². The highest BCUT2D eigenvalue weighted by molar-refractivity contribution is 6.28. The molecule has 0 bridgehead atoms. The third-order valence-electron chi connectivity index (χ3n) is 3.75. The topological polar surface area (TPSA) is 38.2 Å². The highest BCUT2D eigenvalue weighted by atomic mass is 35.5. The Morgan fingerprint density at radius 1 is 1.53 bits per heavy atom. The van der Waals surface area contributed by atoms with Crippen LogP contribution in [0.25, 0.3) is 0 Å². The summed E-state index contributed by atoms with van der Waals surface area (Å²) in [5, 5.41) is -0.0117. The fourth-order valence-corrected chi connectivity index (χ4v) is 2.86. The minimum atomic E-state index is -0.585. The molecule has 2 aliphatic rings. The molecule has 1 saturated carbocycles. The lowest BCUT2D eigenvalue weighted by atomic mass is 9.78. The molecule has 19 heavy (non-hydrogen) atoms. The third kappa shape index (κ3) is 2.39. The Bertz CT molecular complexity index is 484. The van der Waals surface area contributed by atoms with Gasteiger partial charge in [0.25, 0.3) is 0 Å². The van der Waals surface area contributed by atoms with E-state index in [0.717, 1.165) is 25.5 Å². The second kappa shape index (κ2) is 4.83. The van der Waals surface area contributed by atoms with Gasteiger partial charge in [-0.25, -0.2) is 13.8 Å². The zero-order valence-electron chi connectivity index (χ0n) is 10.3. The minimum Gasteiger partial charge on any atom is -0.365 e. The molecule has 2 heterocycles. The predicted molar refractivity (Wildman–Crippen MR) is 66.6 cm³/mol. The molecule has 104 valence electrons. The number of ether oxygens (including phenoxy) is 1. The molecule has 1 aliphatic heterocycles. The van der Waals surface area contributed by atoms with Crippen LogP contribution in [0.1, 0.15) is 19.3 Å². The number of nitrogens with zero attached hydrogens (tertiary/aromatic N) is 3. The van der Waals surface area contributed by atoms with Crippen LogP contribution in [0.3, 0.4) is 0 Å². The monoisotopic (exact) mass is 289 g/mol. The molecule has 1 aromatic heterocycles. The van der Waals surface area contributed by atoms with E-state index < -0.39 is 18.6 Å². The average Bonchev–Trinajstić information content (AvgIpc) is 2.39. The number of rotatable bonds is 2. The molecule has 0 radical (unpaired) electrons. The maximum absolute atomic E-state index is 13.8. The van der Waals surface area contributed by atoms with E-state index in [1.54, 1.807) is 4.90 Å². The van der Waals surface area contributed by atoms with Crippen molar-refractivity contribution >= 4 is 17.4 Å². The van der Waals surface area contributed by atoms with E-state index in [0.29, 0.717) is 6.54 Å². The smallest absolute Gasteiger partial charge is 0.224 e. The van der Waals surface area contributed by atoms with Crippen LogP contribution in [0.5, 0.6) is 0 Å². The van der Waals surface area contributed by atoms with E-state index in [4.69, 9.17) is 16.3 Å². The quantitative estimate of drug-likeness (QED) is 0.784. The van der Waals surface area contributed by atoms with Crippen LogP contribution in [0.2, 0.25) is 5.28 Å². The molecule has 2 fully saturated rings. The van der Waals surface area contributed by atoms with E-state index >= 15 is 0 Å². The molecule has 1 atom stereocenters. The second-order valence-electron chi connectivity index (χ2n) is 5.12. The first-order valence-corrected chi connectivity index (χ1v) is 6.66. The second-order valence-corrected chi connectivity index (χ2v) is 5.46. The summed E-state index contributed by atoms with van der Waals surface area (Å²) in [6.45, 7) is 0.217. The number of halogens is 3. The van der Waals surface area contributed by atoms with Crippen LogP contribution in [-0.4, -0.2) is 41.4 Å². The number of hydrogen-bond acceptors (Lipinski definition) is 4. The summed E-state index contributed by atoms with van der Waals surface area (Å²) in [6, 6.07) is 0. The van der Waals surface area contributed by atoms with E-state index in [1.165, 1.54) is 0 Å². The standard InChI is InChI=1S/C12H14ClF2N3O/c13-11-16-5-9(15)10(17-11)18-6-8(4-14)19-12(7-18)2-1-3-12/h5,8H,1-4,6-7H2. The first kappa shape index (κ1) is 13.0. The zero-order chi connectivity index (χ0) is 13.5. The summed E-state index contributed by atoms with van der Waals surface area (Å²) in [5.74, 6) is -0.411. The van der Waals surface area contributed by atoms with E-state index in [9.17, 15) is 8.78 Å². The summed E-state index contributed by atoms with van der Waals surface area (Å²) >= 11 is 5.70.